The normalized spacial score (nSPS) is 14.5. The lowest BCUT2D eigenvalue weighted by Crippen LogP contribution is -2.37. The second-order valence-electron chi connectivity index (χ2n) is 18.9. The van der Waals surface area contributed by atoms with Crippen LogP contribution in [0.5, 0.6) is 0 Å². The van der Waals surface area contributed by atoms with Gasteiger partial charge in [-0.15, -0.1) is 0 Å². The molecule has 0 aromatic rings. The first kappa shape index (κ1) is 67.9. The molecule has 72 heavy (non-hydrogen) atoms. The standard InChI is InChI=1S/C62H100NO8P/c1-6-8-10-12-14-16-18-20-22-24-26-27-28-29-30-31-32-33-34-35-37-39-41-43-45-47-49-51-53-55-62(65)71-60(59-70-72(66,67)69-57-56-63(3,4)5)58-68-61(64)54-52-50-48-46-44-42-40-38-36-25-23-21-19-17-15-13-11-9-7-2/h8,10,14-17,20-23,26-27,29-30,32-33,35-38,41,43,47,49,60H,6-7,9,11-13,18-19,24-25,28,31,34,39-40,42,44-46,48,50-59H2,1-5H3/b10-8-,16-14-,17-15-,22-20-,23-21-,27-26-,30-29-,33-32-,37-35-,38-36-,43-41-,49-47-. The van der Waals surface area contributed by atoms with Crippen LogP contribution < -0.4 is 4.89 Å². The van der Waals surface area contributed by atoms with Crippen molar-refractivity contribution >= 4 is 19.8 Å². The van der Waals surface area contributed by atoms with Gasteiger partial charge in [0.1, 0.15) is 19.8 Å². The van der Waals surface area contributed by atoms with Gasteiger partial charge in [0.05, 0.1) is 27.7 Å². The van der Waals surface area contributed by atoms with Gasteiger partial charge in [-0.25, -0.2) is 0 Å². The SMILES string of the molecule is CC/C=C\C/C=C\C/C=C\C/C=C\C/C=C\C/C=C\C/C=C\C/C=C\C/C=C\CCCC(=O)OC(COC(=O)CCCCCCCC/C=C\C/C=C\C/C=C\CCCCC)COP(=O)([O-])OCC[N+](C)(C)C. The highest BCUT2D eigenvalue weighted by Gasteiger charge is 2.21. The molecule has 0 heterocycles. The van der Waals surface area contributed by atoms with Crippen LogP contribution in [0.25, 0.3) is 0 Å². The first-order valence-electron chi connectivity index (χ1n) is 27.5. The molecule has 0 fully saturated rings. The summed E-state index contributed by atoms with van der Waals surface area (Å²) in [5.74, 6) is -0.932. The second kappa shape index (κ2) is 51.8. The first-order chi connectivity index (χ1) is 35.0. The predicted octanol–water partition coefficient (Wildman–Crippen LogP) is 16.5. The van der Waals surface area contributed by atoms with Crippen LogP contribution in [-0.4, -0.2) is 70.0 Å². The van der Waals surface area contributed by atoms with Crippen molar-refractivity contribution in [1.82, 2.24) is 0 Å². The van der Waals surface area contributed by atoms with Gasteiger partial charge >= 0.3 is 11.9 Å². The third kappa shape index (κ3) is 55.2. The number of carbonyl (C=O) groups is 2. The Morgan fingerprint density at radius 1 is 0.444 bits per heavy atom. The average molecular weight is 1020 g/mol. The van der Waals surface area contributed by atoms with Crippen LogP contribution in [0.4, 0.5) is 0 Å². The number of carbonyl (C=O) groups excluding carboxylic acids is 2. The molecule has 0 aromatic carbocycles. The van der Waals surface area contributed by atoms with Crippen LogP contribution in [0, 0.1) is 0 Å². The van der Waals surface area contributed by atoms with Gasteiger partial charge in [-0.3, -0.25) is 14.2 Å². The molecular weight excluding hydrogens is 918 g/mol. The van der Waals surface area contributed by atoms with Crippen molar-refractivity contribution in [3.8, 4) is 0 Å². The zero-order valence-electron chi connectivity index (χ0n) is 45.8. The van der Waals surface area contributed by atoms with Gasteiger partial charge in [-0.05, 0) is 116 Å². The quantitative estimate of drug-likeness (QED) is 0.0195. The summed E-state index contributed by atoms with van der Waals surface area (Å²) in [4.78, 5) is 37.8. The van der Waals surface area contributed by atoms with Gasteiger partial charge in [-0.1, -0.05) is 198 Å². The average Bonchev–Trinajstić information content (AvgIpc) is 3.34. The number of nitrogens with zero attached hydrogens (tertiary/aromatic N) is 1. The van der Waals surface area contributed by atoms with Crippen LogP contribution in [0.15, 0.2) is 146 Å². The van der Waals surface area contributed by atoms with E-state index >= 15 is 0 Å². The third-order valence-electron chi connectivity index (χ3n) is 10.8. The summed E-state index contributed by atoms with van der Waals surface area (Å²) in [6.45, 7) is 3.98. The molecule has 0 radical (unpaired) electrons. The molecule has 0 amide bonds. The summed E-state index contributed by atoms with van der Waals surface area (Å²) in [5.41, 5.74) is 0. The van der Waals surface area contributed by atoms with E-state index in [1.807, 2.05) is 27.2 Å². The Labute approximate surface area is 440 Å². The van der Waals surface area contributed by atoms with Crippen molar-refractivity contribution in [2.75, 3.05) is 47.5 Å². The lowest BCUT2D eigenvalue weighted by molar-refractivity contribution is -0.870. The summed E-state index contributed by atoms with van der Waals surface area (Å²) in [5, 5.41) is 0. The minimum Gasteiger partial charge on any atom is -0.756 e. The number of hydrogen-bond donors (Lipinski definition) is 0. The fourth-order valence-electron chi connectivity index (χ4n) is 6.60. The maximum Gasteiger partial charge on any atom is 0.306 e. The highest BCUT2D eigenvalue weighted by atomic mass is 31.2. The van der Waals surface area contributed by atoms with E-state index in [4.69, 9.17) is 18.5 Å². The van der Waals surface area contributed by atoms with Crippen molar-refractivity contribution in [2.24, 2.45) is 0 Å². The molecule has 0 aliphatic heterocycles. The van der Waals surface area contributed by atoms with Crippen LogP contribution in [0.3, 0.4) is 0 Å². The second-order valence-corrected chi connectivity index (χ2v) is 20.3. The number of hydrogen-bond acceptors (Lipinski definition) is 8. The number of unbranched alkanes of at least 4 members (excludes halogenated alkanes) is 10. The Bertz CT molecular complexity index is 1720. The lowest BCUT2D eigenvalue weighted by Gasteiger charge is -2.28. The van der Waals surface area contributed by atoms with E-state index in [1.54, 1.807) is 0 Å². The van der Waals surface area contributed by atoms with E-state index in [1.165, 1.54) is 25.7 Å². The van der Waals surface area contributed by atoms with Gasteiger partial charge in [0.25, 0.3) is 7.82 Å². The molecule has 2 atom stereocenters. The number of likely N-dealkylation sites (N-methyl/N-ethyl adjacent to an activating group) is 1. The number of rotatable bonds is 48. The van der Waals surface area contributed by atoms with Crippen molar-refractivity contribution in [3.63, 3.8) is 0 Å². The fraction of sp³-hybridized carbons (Fsp3) is 0.581. The van der Waals surface area contributed by atoms with E-state index in [2.05, 4.69) is 154 Å². The number of allylic oxidation sites excluding steroid dienone is 24. The number of ether oxygens (including phenoxy) is 2. The molecule has 406 valence electrons. The number of phosphoric acid groups is 1. The van der Waals surface area contributed by atoms with E-state index in [0.717, 1.165) is 109 Å². The molecule has 0 aliphatic carbocycles. The summed E-state index contributed by atoms with van der Waals surface area (Å²) >= 11 is 0. The van der Waals surface area contributed by atoms with Crippen molar-refractivity contribution in [1.29, 1.82) is 0 Å². The highest BCUT2D eigenvalue weighted by molar-refractivity contribution is 7.45. The maximum absolute atomic E-state index is 12.8. The highest BCUT2D eigenvalue weighted by Crippen LogP contribution is 2.38. The van der Waals surface area contributed by atoms with Crippen molar-refractivity contribution in [3.05, 3.63) is 146 Å². The van der Waals surface area contributed by atoms with Gasteiger partial charge in [0.2, 0.25) is 0 Å². The topological polar surface area (TPSA) is 111 Å². The lowest BCUT2D eigenvalue weighted by atomic mass is 10.1. The van der Waals surface area contributed by atoms with Crippen molar-refractivity contribution < 1.29 is 42.1 Å². The fourth-order valence-corrected chi connectivity index (χ4v) is 7.33. The van der Waals surface area contributed by atoms with Crippen LogP contribution in [-0.2, 0) is 32.7 Å². The van der Waals surface area contributed by atoms with Crippen LogP contribution in [0.2, 0.25) is 0 Å². The smallest absolute Gasteiger partial charge is 0.306 e. The molecule has 9 nitrogen and oxygen atoms in total. The van der Waals surface area contributed by atoms with E-state index < -0.39 is 32.5 Å². The molecule has 0 aromatic heterocycles. The first-order valence-corrected chi connectivity index (χ1v) is 29.0. The van der Waals surface area contributed by atoms with E-state index in [9.17, 15) is 19.0 Å². The Kier molecular flexibility index (Phi) is 48.8. The molecule has 0 saturated heterocycles. The Morgan fingerprint density at radius 2 is 0.806 bits per heavy atom. The Morgan fingerprint density at radius 3 is 1.22 bits per heavy atom. The Hall–Kier alpha value is -4.11. The van der Waals surface area contributed by atoms with Gasteiger partial charge in [-0.2, -0.15) is 0 Å². The van der Waals surface area contributed by atoms with E-state index in [0.29, 0.717) is 30.3 Å². The third-order valence-corrected chi connectivity index (χ3v) is 11.8. The molecule has 2 unspecified atom stereocenters. The molecule has 0 rings (SSSR count). The van der Waals surface area contributed by atoms with Gasteiger partial charge in [0, 0.05) is 12.8 Å². The zero-order chi connectivity index (χ0) is 52.7. The molecule has 0 spiro atoms. The number of phosphoric ester groups is 1. The number of quaternary nitrogens is 1. The summed E-state index contributed by atoms with van der Waals surface area (Å²) < 4.78 is 34.0. The van der Waals surface area contributed by atoms with Crippen molar-refractivity contribution in [2.45, 2.75) is 187 Å². The summed E-state index contributed by atoms with van der Waals surface area (Å²) in [7, 11) is 1.09. The van der Waals surface area contributed by atoms with Gasteiger partial charge in [0.15, 0.2) is 6.10 Å². The number of esters is 2. The summed E-state index contributed by atoms with van der Waals surface area (Å²) in [6, 6.07) is 0. The minimum atomic E-state index is -4.67. The van der Waals surface area contributed by atoms with Crippen LogP contribution >= 0.6 is 7.82 Å². The van der Waals surface area contributed by atoms with Crippen LogP contribution in [0.1, 0.15) is 181 Å². The summed E-state index contributed by atoms with van der Waals surface area (Å²) in [6.07, 6.45) is 76.0. The maximum atomic E-state index is 12.8. The minimum absolute atomic E-state index is 0.0531. The van der Waals surface area contributed by atoms with Gasteiger partial charge < -0.3 is 27.9 Å². The largest absolute Gasteiger partial charge is 0.756 e. The molecule has 0 N–H and O–H groups in total. The predicted molar refractivity (Wildman–Crippen MR) is 304 cm³/mol. The monoisotopic (exact) mass is 1020 g/mol. The molecular formula is C62H100NO8P. The Balaban J connectivity index is 4.40. The molecule has 10 heteroatoms. The van der Waals surface area contributed by atoms with E-state index in [-0.39, 0.29) is 26.1 Å². The zero-order valence-corrected chi connectivity index (χ0v) is 46.7. The molecule has 0 bridgehead atoms. The molecule has 0 aliphatic rings. The molecule has 0 saturated carbocycles.